The summed E-state index contributed by atoms with van der Waals surface area (Å²) in [7, 11) is 0. The summed E-state index contributed by atoms with van der Waals surface area (Å²) < 4.78 is 5.24. The Labute approximate surface area is 93.5 Å². The summed E-state index contributed by atoms with van der Waals surface area (Å²) >= 11 is 0. The van der Waals surface area contributed by atoms with Gasteiger partial charge in [-0.1, -0.05) is 0 Å². The van der Waals surface area contributed by atoms with Gasteiger partial charge in [0.05, 0.1) is 23.9 Å². The highest BCUT2D eigenvalue weighted by atomic mass is 16.5. The SMILES string of the molecule is CC1(NC(=O)c2cncc(O)c2)CCOC1. The number of aromatic nitrogens is 1. The van der Waals surface area contributed by atoms with Crippen LogP contribution in [-0.4, -0.2) is 34.8 Å². The zero-order chi connectivity index (χ0) is 11.6. The van der Waals surface area contributed by atoms with Gasteiger partial charge in [-0.2, -0.15) is 0 Å². The van der Waals surface area contributed by atoms with Crippen molar-refractivity contribution in [3.05, 3.63) is 24.0 Å². The zero-order valence-corrected chi connectivity index (χ0v) is 9.06. The number of hydrogen-bond donors (Lipinski definition) is 2. The normalized spacial score (nSPS) is 24.3. The van der Waals surface area contributed by atoms with Crippen LogP contribution in [-0.2, 0) is 4.74 Å². The number of nitrogens with zero attached hydrogens (tertiary/aromatic N) is 1. The van der Waals surface area contributed by atoms with Crippen LogP contribution in [0.5, 0.6) is 5.75 Å². The molecular formula is C11H14N2O3. The molecule has 86 valence electrons. The van der Waals surface area contributed by atoms with Crippen molar-refractivity contribution in [1.29, 1.82) is 0 Å². The number of carbonyl (C=O) groups is 1. The Morgan fingerprint density at radius 3 is 3.06 bits per heavy atom. The summed E-state index contributed by atoms with van der Waals surface area (Å²) in [4.78, 5) is 15.6. The van der Waals surface area contributed by atoms with Crippen molar-refractivity contribution in [3.63, 3.8) is 0 Å². The molecular weight excluding hydrogens is 208 g/mol. The number of carbonyl (C=O) groups excluding carboxylic acids is 1. The second kappa shape index (κ2) is 4.09. The van der Waals surface area contributed by atoms with Gasteiger partial charge in [0, 0.05) is 12.8 Å². The van der Waals surface area contributed by atoms with E-state index in [0.29, 0.717) is 18.8 Å². The molecule has 0 aliphatic carbocycles. The summed E-state index contributed by atoms with van der Waals surface area (Å²) in [5.41, 5.74) is 0.0378. The lowest BCUT2D eigenvalue weighted by atomic mass is 10.0. The van der Waals surface area contributed by atoms with E-state index in [1.807, 2.05) is 6.92 Å². The van der Waals surface area contributed by atoms with Gasteiger partial charge in [-0.15, -0.1) is 0 Å². The number of ether oxygens (including phenoxy) is 1. The predicted octanol–water partition coefficient (Wildman–Crippen LogP) is 0.696. The van der Waals surface area contributed by atoms with Crippen LogP contribution in [0, 0.1) is 0 Å². The number of rotatable bonds is 2. The van der Waals surface area contributed by atoms with E-state index in [4.69, 9.17) is 4.74 Å². The minimum absolute atomic E-state index is 0.0134. The summed E-state index contributed by atoms with van der Waals surface area (Å²) in [5.74, 6) is -0.253. The van der Waals surface area contributed by atoms with Crippen LogP contribution in [0.4, 0.5) is 0 Å². The molecule has 0 bridgehead atoms. The molecule has 1 aromatic rings. The van der Waals surface area contributed by atoms with E-state index in [2.05, 4.69) is 10.3 Å². The molecule has 0 spiro atoms. The average Bonchev–Trinajstić information content (AvgIpc) is 2.65. The van der Waals surface area contributed by atoms with E-state index in [9.17, 15) is 9.90 Å². The Balaban J connectivity index is 2.08. The van der Waals surface area contributed by atoms with Gasteiger partial charge in [0.25, 0.3) is 5.91 Å². The third kappa shape index (κ3) is 2.30. The highest BCUT2D eigenvalue weighted by molar-refractivity contribution is 5.94. The lowest BCUT2D eigenvalue weighted by Crippen LogP contribution is -2.46. The molecule has 1 aliphatic heterocycles. The largest absolute Gasteiger partial charge is 0.506 e. The molecule has 5 heteroatoms. The molecule has 1 fully saturated rings. The Bertz CT molecular complexity index is 400. The fourth-order valence-electron chi connectivity index (χ4n) is 1.66. The number of aromatic hydroxyl groups is 1. The zero-order valence-electron chi connectivity index (χ0n) is 9.06. The van der Waals surface area contributed by atoms with E-state index in [-0.39, 0.29) is 17.2 Å². The smallest absolute Gasteiger partial charge is 0.253 e. The molecule has 1 saturated heterocycles. The predicted molar refractivity (Wildman–Crippen MR) is 57.2 cm³/mol. The lowest BCUT2D eigenvalue weighted by molar-refractivity contribution is 0.0889. The van der Waals surface area contributed by atoms with Crippen LogP contribution in [0.2, 0.25) is 0 Å². The van der Waals surface area contributed by atoms with Crippen molar-refractivity contribution in [2.75, 3.05) is 13.2 Å². The topological polar surface area (TPSA) is 71.5 Å². The molecule has 0 aromatic carbocycles. The van der Waals surface area contributed by atoms with E-state index in [1.165, 1.54) is 18.5 Å². The second-order valence-electron chi connectivity index (χ2n) is 4.25. The van der Waals surface area contributed by atoms with Gasteiger partial charge in [0.2, 0.25) is 0 Å². The Hall–Kier alpha value is -1.62. The highest BCUT2D eigenvalue weighted by Crippen LogP contribution is 2.18. The van der Waals surface area contributed by atoms with Crippen molar-refractivity contribution in [1.82, 2.24) is 10.3 Å². The van der Waals surface area contributed by atoms with Crippen molar-refractivity contribution < 1.29 is 14.6 Å². The van der Waals surface area contributed by atoms with Crippen molar-refractivity contribution in [2.24, 2.45) is 0 Å². The van der Waals surface area contributed by atoms with Gasteiger partial charge in [0.15, 0.2) is 0 Å². The average molecular weight is 222 g/mol. The van der Waals surface area contributed by atoms with Gasteiger partial charge >= 0.3 is 0 Å². The van der Waals surface area contributed by atoms with Crippen LogP contribution < -0.4 is 5.32 Å². The van der Waals surface area contributed by atoms with E-state index in [0.717, 1.165) is 6.42 Å². The first kappa shape index (κ1) is 10.9. The van der Waals surface area contributed by atoms with Gasteiger partial charge in [-0.3, -0.25) is 9.78 Å². The molecule has 0 saturated carbocycles. The van der Waals surface area contributed by atoms with Crippen LogP contribution in [0.15, 0.2) is 18.5 Å². The molecule has 1 amide bonds. The van der Waals surface area contributed by atoms with Crippen LogP contribution >= 0.6 is 0 Å². The van der Waals surface area contributed by atoms with E-state index >= 15 is 0 Å². The number of nitrogens with one attached hydrogen (secondary N) is 1. The maximum Gasteiger partial charge on any atom is 0.253 e. The summed E-state index contributed by atoms with van der Waals surface area (Å²) in [6.07, 6.45) is 3.51. The molecule has 1 atom stereocenters. The van der Waals surface area contributed by atoms with Gasteiger partial charge in [0.1, 0.15) is 5.75 Å². The molecule has 1 unspecified atom stereocenters. The Morgan fingerprint density at radius 1 is 1.62 bits per heavy atom. The first-order valence-corrected chi connectivity index (χ1v) is 5.13. The summed E-state index contributed by atoms with van der Waals surface area (Å²) in [5, 5.41) is 12.1. The van der Waals surface area contributed by atoms with Crippen LogP contribution in [0.3, 0.4) is 0 Å². The first-order valence-electron chi connectivity index (χ1n) is 5.13. The number of amides is 1. The maximum absolute atomic E-state index is 11.8. The van der Waals surface area contributed by atoms with Crippen molar-refractivity contribution in [3.8, 4) is 5.75 Å². The molecule has 2 rings (SSSR count). The number of hydrogen-bond acceptors (Lipinski definition) is 4. The molecule has 1 aromatic heterocycles. The maximum atomic E-state index is 11.8. The molecule has 16 heavy (non-hydrogen) atoms. The third-order valence-corrected chi connectivity index (χ3v) is 2.62. The summed E-state index contributed by atoms with van der Waals surface area (Å²) in [6, 6.07) is 1.39. The molecule has 2 N–H and O–H groups in total. The first-order chi connectivity index (χ1) is 7.59. The quantitative estimate of drug-likeness (QED) is 0.772. The standard InChI is InChI=1S/C11H14N2O3/c1-11(2-3-16-7-11)13-10(15)8-4-9(14)6-12-5-8/h4-6,14H,2-3,7H2,1H3,(H,13,15). The fraction of sp³-hybridized carbons (Fsp3) is 0.455. The minimum atomic E-state index is -0.317. The third-order valence-electron chi connectivity index (χ3n) is 2.62. The Morgan fingerprint density at radius 2 is 2.44 bits per heavy atom. The van der Waals surface area contributed by atoms with Crippen molar-refractivity contribution in [2.45, 2.75) is 18.9 Å². The molecule has 1 aliphatic rings. The minimum Gasteiger partial charge on any atom is -0.506 e. The van der Waals surface area contributed by atoms with Gasteiger partial charge in [-0.25, -0.2) is 0 Å². The monoisotopic (exact) mass is 222 g/mol. The van der Waals surface area contributed by atoms with Crippen molar-refractivity contribution >= 4 is 5.91 Å². The lowest BCUT2D eigenvalue weighted by Gasteiger charge is -2.23. The Kier molecular flexibility index (Phi) is 2.78. The van der Waals surface area contributed by atoms with Crippen LogP contribution in [0.25, 0.3) is 0 Å². The van der Waals surface area contributed by atoms with E-state index in [1.54, 1.807) is 0 Å². The van der Waals surface area contributed by atoms with Gasteiger partial charge < -0.3 is 15.2 Å². The van der Waals surface area contributed by atoms with Gasteiger partial charge in [-0.05, 0) is 19.4 Å². The molecule has 2 heterocycles. The second-order valence-corrected chi connectivity index (χ2v) is 4.25. The van der Waals surface area contributed by atoms with Crippen LogP contribution in [0.1, 0.15) is 23.7 Å². The summed E-state index contributed by atoms with van der Waals surface area (Å²) in [6.45, 7) is 3.12. The number of pyridine rings is 1. The molecule has 0 radical (unpaired) electrons. The molecule has 5 nitrogen and oxygen atoms in total. The highest BCUT2D eigenvalue weighted by Gasteiger charge is 2.31. The fourth-order valence-corrected chi connectivity index (χ4v) is 1.66. The van der Waals surface area contributed by atoms with E-state index < -0.39 is 0 Å².